The van der Waals surface area contributed by atoms with Gasteiger partial charge in [-0.1, -0.05) is 10.8 Å². The summed E-state index contributed by atoms with van der Waals surface area (Å²) in [6.45, 7) is 1.88. The summed E-state index contributed by atoms with van der Waals surface area (Å²) in [5.41, 5.74) is 2.80. The van der Waals surface area contributed by atoms with E-state index in [2.05, 4.69) is 20.4 Å². The van der Waals surface area contributed by atoms with Gasteiger partial charge in [0.25, 0.3) is 0 Å². The van der Waals surface area contributed by atoms with Gasteiger partial charge < -0.3 is 0 Å². The van der Waals surface area contributed by atoms with Crippen LogP contribution in [0.4, 0.5) is 4.39 Å². The molecule has 194 valence electrons. The van der Waals surface area contributed by atoms with E-state index in [9.17, 15) is 17.6 Å². The number of nitrogens with zero attached hydrogens (tertiary/aromatic N) is 6. The van der Waals surface area contributed by atoms with Crippen LogP contribution in [0.2, 0.25) is 0 Å². The molecule has 6 rings (SSSR count). The zero-order valence-corrected chi connectivity index (χ0v) is 21.7. The van der Waals surface area contributed by atoms with Crippen molar-refractivity contribution < 1.29 is 17.6 Å². The van der Waals surface area contributed by atoms with E-state index in [0.717, 1.165) is 11.1 Å². The monoisotopic (exact) mass is 532 g/mol. The van der Waals surface area contributed by atoms with Crippen molar-refractivity contribution in [1.82, 2.24) is 29.8 Å². The van der Waals surface area contributed by atoms with Crippen LogP contribution in [0.3, 0.4) is 0 Å². The molecule has 0 N–H and O–H groups in total. The third-order valence-electron chi connectivity index (χ3n) is 7.56. The third kappa shape index (κ3) is 3.89. The smallest absolute Gasteiger partial charge is 0.200 e. The average molecular weight is 533 g/mol. The molecule has 0 amide bonds. The molecule has 1 aromatic carbocycles. The Morgan fingerprint density at radius 3 is 2.66 bits per heavy atom. The van der Waals surface area contributed by atoms with E-state index < -0.39 is 20.5 Å². The van der Waals surface area contributed by atoms with Crippen molar-refractivity contribution in [2.75, 3.05) is 0 Å². The predicted molar refractivity (Wildman–Crippen MR) is 137 cm³/mol. The molecule has 1 fully saturated rings. The van der Waals surface area contributed by atoms with E-state index in [0.29, 0.717) is 35.6 Å². The number of Topliss-reactive ketones (excluding diaryl/α,β-unsaturated/α-hetero) is 1. The molecule has 11 heteroatoms. The first-order valence-electron chi connectivity index (χ1n) is 12.3. The lowest BCUT2D eigenvalue weighted by Gasteiger charge is -2.43. The zero-order valence-electron chi connectivity index (χ0n) is 20.9. The minimum absolute atomic E-state index is 0.00691. The molecule has 2 atom stereocenters. The minimum atomic E-state index is -3.78. The molecule has 38 heavy (non-hydrogen) atoms. The van der Waals surface area contributed by atoms with Gasteiger partial charge in [-0.2, -0.15) is 5.10 Å². The van der Waals surface area contributed by atoms with Crippen LogP contribution in [0.1, 0.15) is 46.7 Å². The van der Waals surface area contributed by atoms with Gasteiger partial charge in [-0.25, -0.2) is 17.5 Å². The van der Waals surface area contributed by atoms with Gasteiger partial charge >= 0.3 is 0 Å². The molecular formula is C27H25FN6O3S. The van der Waals surface area contributed by atoms with Gasteiger partial charge in [0.2, 0.25) is 0 Å². The summed E-state index contributed by atoms with van der Waals surface area (Å²) in [6.07, 6.45) is 6.13. The number of aromatic nitrogens is 6. The molecule has 3 heterocycles. The Bertz CT molecular complexity index is 1710. The van der Waals surface area contributed by atoms with Crippen LogP contribution in [-0.4, -0.2) is 49.2 Å². The summed E-state index contributed by atoms with van der Waals surface area (Å²) in [5, 5.41) is 12.0. The van der Waals surface area contributed by atoms with E-state index in [1.807, 2.05) is 19.1 Å². The lowest BCUT2D eigenvalue weighted by atomic mass is 9.62. The second-order valence-corrected chi connectivity index (χ2v) is 12.2. The molecule has 3 aromatic heterocycles. The Labute approximate surface area is 218 Å². The average Bonchev–Trinajstić information content (AvgIpc) is 3.53. The van der Waals surface area contributed by atoms with Crippen LogP contribution in [0.25, 0.3) is 11.8 Å². The van der Waals surface area contributed by atoms with Gasteiger partial charge in [0, 0.05) is 25.9 Å². The van der Waals surface area contributed by atoms with Crippen molar-refractivity contribution in [3.05, 3.63) is 88.9 Å². The molecule has 2 aliphatic rings. The molecule has 0 saturated heterocycles. The Morgan fingerprint density at radius 1 is 1.16 bits per heavy atom. The van der Waals surface area contributed by atoms with Crippen LogP contribution >= 0.6 is 0 Å². The SMILES string of the molecule is Cc1ccnc(C(=O)[C@]23Cc4nnn(-c5ccc(F)cc5)c4C=C2CC[C@H](S(=O)(=O)c2ccn(C)n2)C3)c1. The number of hydrogen-bond acceptors (Lipinski definition) is 7. The number of benzene rings is 1. The van der Waals surface area contributed by atoms with E-state index in [1.165, 1.54) is 22.9 Å². The van der Waals surface area contributed by atoms with Gasteiger partial charge in [0.15, 0.2) is 20.6 Å². The Kier molecular flexibility index (Phi) is 5.64. The number of aryl methyl sites for hydroxylation is 2. The maximum atomic E-state index is 14.2. The van der Waals surface area contributed by atoms with Crippen LogP contribution in [0, 0.1) is 18.2 Å². The van der Waals surface area contributed by atoms with E-state index in [4.69, 9.17) is 0 Å². The van der Waals surface area contributed by atoms with Gasteiger partial charge in [-0.3, -0.25) is 14.5 Å². The Hall–Kier alpha value is -3.99. The molecular weight excluding hydrogens is 507 g/mol. The standard InChI is InChI=1S/C27H25FN6O3S/c1-17-9-11-29-22(13-17)26(35)27-15-21(38(36,37)25-10-12-33(2)31-25)8-3-18(27)14-24-23(16-27)30-32-34(24)20-6-4-19(28)5-7-20/h4-7,9-14,21H,3,8,15-16H2,1-2H3/t21-,27+/m0/s1. The number of hydrogen-bond donors (Lipinski definition) is 0. The number of halogens is 1. The van der Waals surface area contributed by atoms with Crippen molar-refractivity contribution >= 4 is 21.7 Å². The number of pyridine rings is 1. The first-order chi connectivity index (χ1) is 18.2. The number of sulfone groups is 1. The quantitative estimate of drug-likeness (QED) is 0.360. The molecule has 0 radical (unpaired) electrons. The highest BCUT2D eigenvalue weighted by molar-refractivity contribution is 7.92. The summed E-state index contributed by atoms with van der Waals surface area (Å²) in [4.78, 5) is 18.6. The molecule has 2 aliphatic carbocycles. The number of carbonyl (C=O) groups is 1. The number of carbonyl (C=O) groups excluding carboxylic acids is 1. The van der Waals surface area contributed by atoms with Crippen molar-refractivity contribution in [2.24, 2.45) is 12.5 Å². The molecule has 4 aromatic rings. The molecule has 1 saturated carbocycles. The van der Waals surface area contributed by atoms with Gasteiger partial charge in [-0.15, -0.1) is 5.10 Å². The largest absolute Gasteiger partial charge is 0.291 e. The fraction of sp³-hybridized carbons (Fsp3) is 0.296. The first kappa shape index (κ1) is 24.4. The predicted octanol–water partition coefficient (Wildman–Crippen LogP) is 3.68. The zero-order chi connectivity index (χ0) is 26.7. The summed E-state index contributed by atoms with van der Waals surface area (Å²) in [6, 6.07) is 11.0. The van der Waals surface area contributed by atoms with Crippen LogP contribution < -0.4 is 0 Å². The van der Waals surface area contributed by atoms with Crippen molar-refractivity contribution in [3.8, 4) is 5.69 Å². The molecule has 0 unspecified atom stereocenters. The number of fused-ring (bicyclic) bond motifs is 2. The highest BCUT2D eigenvalue weighted by Crippen LogP contribution is 2.51. The third-order valence-corrected chi connectivity index (χ3v) is 9.64. The second kappa shape index (κ2) is 8.80. The number of rotatable bonds is 5. The fourth-order valence-corrected chi connectivity index (χ4v) is 7.36. The minimum Gasteiger partial charge on any atom is -0.291 e. The first-order valence-corrected chi connectivity index (χ1v) is 13.8. The lowest BCUT2D eigenvalue weighted by molar-refractivity contribution is 0.0795. The number of ketones is 1. The maximum absolute atomic E-state index is 14.2. The summed E-state index contributed by atoms with van der Waals surface area (Å²) in [7, 11) is -2.11. The Balaban J connectivity index is 1.46. The van der Waals surface area contributed by atoms with Crippen LogP contribution in [0.5, 0.6) is 0 Å². The summed E-state index contributed by atoms with van der Waals surface area (Å²) >= 11 is 0. The summed E-state index contributed by atoms with van der Waals surface area (Å²) < 4.78 is 43.8. The highest BCUT2D eigenvalue weighted by Gasteiger charge is 2.52. The normalized spacial score (nSPS) is 20.9. The second-order valence-electron chi connectivity index (χ2n) is 10.0. The van der Waals surface area contributed by atoms with E-state index in [1.54, 1.807) is 42.3 Å². The van der Waals surface area contributed by atoms with Crippen LogP contribution in [0.15, 0.2) is 65.5 Å². The van der Waals surface area contributed by atoms with Gasteiger partial charge in [0.1, 0.15) is 11.5 Å². The topological polar surface area (TPSA) is 113 Å². The van der Waals surface area contributed by atoms with E-state index in [-0.39, 0.29) is 29.5 Å². The summed E-state index contributed by atoms with van der Waals surface area (Å²) in [5.74, 6) is -0.584. The lowest BCUT2D eigenvalue weighted by Crippen LogP contribution is -2.46. The Morgan fingerprint density at radius 2 is 1.95 bits per heavy atom. The van der Waals surface area contributed by atoms with E-state index >= 15 is 0 Å². The number of allylic oxidation sites excluding steroid dienone is 1. The highest BCUT2D eigenvalue weighted by atomic mass is 32.2. The molecule has 9 nitrogen and oxygen atoms in total. The molecule has 0 bridgehead atoms. The van der Waals surface area contributed by atoms with Crippen molar-refractivity contribution in [3.63, 3.8) is 0 Å². The fourth-order valence-electron chi connectivity index (χ4n) is 5.59. The van der Waals surface area contributed by atoms with Gasteiger partial charge in [-0.05, 0) is 80.3 Å². The molecule has 0 aliphatic heterocycles. The molecule has 0 spiro atoms. The van der Waals surface area contributed by atoms with Crippen molar-refractivity contribution in [2.45, 2.75) is 42.9 Å². The van der Waals surface area contributed by atoms with Gasteiger partial charge in [0.05, 0.1) is 27.7 Å². The maximum Gasteiger partial charge on any atom is 0.200 e. The van der Waals surface area contributed by atoms with Crippen molar-refractivity contribution in [1.29, 1.82) is 0 Å². The van der Waals surface area contributed by atoms with Crippen LogP contribution in [-0.2, 0) is 23.3 Å².